The molecule has 122 valence electrons. The lowest BCUT2D eigenvalue weighted by Crippen LogP contribution is -2.27. The molecule has 0 fully saturated rings. The molecule has 0 spiro atoms. The number of rotatable bonds is 6. The van der Waals surface area contributed by atoms with Crippen molar-refractivity contribution >= 4 is 22.8 Å². The van der Waals surface area contributed by atoms with Crippen LogP contribution in [0.15, 0.2) is 48.3 Å². The van der Waals surface area contributed by atoms with Crippen LogP contribution in [0.25, 0.3) is 10.9 Å². The van der Waals surface area contributed by atoms with Gasteiger partial charge in [0.25, 0.3) is 0 Å². The number of nitrogens with zero attached hydrogens (tertiary/aromatic N) is 2. The molecule has 0 aliphatic rings. The maximum Gasteiger partial charge on any atom is 0.347 e. The quantitative estimate of drug-likeness (QED) is 0.354. The van der Waals surface area contributed by atoms with Crippen molar-refractivity contribution in [3.63, 3.8) is 0 Å². The number of esters is 2. The molecule has 0 radical (unpaired) electrons. The number of hydrogen-bond donors (Lipinski definition) is 0. The van der Waals surface area contributed by atoms with Crippen molar-refractivity contribution in [2.45, 2.75) is 13.8 Å². The molecule has 0 bridgehead atoms. The lowest BCUT2D eigenvalue weighted by atomic mass is 10.2. The molecule has 0 amide bonds. The van der Waals surface area contributed by atoms with E-state index < -0.39 is 11.9 Å². The zero-order chi connectivity index (χ0) is 16.8. The van der Waals surface area contributed by atoms with Crippen LogP contribution in [0.1, 0.15) is 13.8 Å². The fraction of sp³-hybridized carbons (Fsp3) is 0.294. The first-order chi connectivity index (χ1) is 11.1. The third kappa shape index (κ3) is 3.71. The Kier molecular flexibility index (Phi) is 5.41. The molecule has 1 heterocycles. The van der Waals surface area contributed by atoms with Gasteiger partial charge < -0.3 is 9.47 Å². The van der Waals surface area contributed by atoms with Gasteiger partial charge in [-0.05, 0) is 26.0 Å². The van der Waals surface area contributed by atoms with E-state index in [0.717, 1.165) is 10.9 Å². The number of para-hydroxylation sites is 1. The summed E-state index contributed by atoms with van der Waals surface area (Å²) in [6.07, 6.45) is 3.28. The number of carbonyl (C=O) groups excluding carboxylic acids is 2. The molecule has 2 rings (SSSR count). The summed E-state index contributed by atoms with van der Waals surface area (Å²) in [5.74, 6) is -1.40. The van der Waals surface area contributed by atoms with E-state index in [1.807, 2.05) is 41.2 Å². The van der Waals surface area contributed by atoms with Crippen LogP contribution < -0.4 is 5.01 Å². The Morgan fingerprint density at radius 1 is 1.09 bits per heavy atom. The highest BCUT2D eigenvalue weighted by molar-refractivity contribution is 6.14. The summed E-state index contributed by atoms with van der Waals surface area (Å²) in [6, 6.07) is 9.77. The van der Waals surface area contributed by atoms with Gasteiger partial charge >= 0.3 is 11.9 Å². The minimum atomic E-state index is -0.700. The number of carbonyl (C=O) groups is 2. The van der Waals surface area contributed by atoms with Crippen LogP contribution in [0.3, 0.4) is 0 Å². The van der Waals surface area contributed by atoms with Gasteiger partial charge in [-0.3, -0.25) is 9.69 Å². The van der Waals surface area contributed by atoms with Crippen molar-refractivity contribution in [3.8, 4) is 0 Å². The summed E-state index contributed by atoms with van der Waals surface area (Å²) in [5.41, 5.74) is 0.812. The number of aromatic nitrogens is 1. The predicted octanol–water partition coefficient (Wildman–Crippen LogP) is 2.22. The first-order valence-electron chi connectivity index (χ1n) is 7.43. The van der Waals surface area contributed by atoms with Crippen molar-refractivity contribution in [2.75, 3.05) is 25.3 Å². The highest BCUT2D eigenvalue weighted by atomic mass is 16.6. The van der Waals surface area contributed by atoms with E-state index in [1.54, 1.807) is 25.9 Å². The summed E-state index contributed by atoms with van der Waals surface area (Å²) in [4.78, 5) is 24.0. The van der Waals surface area contributed by atoms with Gasteiger partial charge in [0.05, 0.1) is 18.7 Å². The fourth-order valence-corrected chi connectivity index (χ4v) is 2.20. The lowest BCUT2D eigenvalue weighted by Gasteiger charge is -2.19. The molecule has 2 aromatic rings. The molecular weight excluding hydrogens is 296 g/mol. The fourth-order valence-electron chi connectivity index (χ4n) is 2.20. The number of fused-ring (bicyclic) bond motifs is 1. The Morgan fingerprint density at radius 2 is 1.70 bits per heavy atom. The highest BCUT2D eigenvalue weighted by Crippen LogP contribution is 2.15. The van der Waals surface area contributed by atoms with Gasteiger partial charge in [-0.1, -0.05) is 18.2 Å². The number of ether oxygens (including phenoxy) is 2. The summed E-state index contributed by atoms with van der Waals surface area (Å²) in [7, 11) is 1.74. The molecule has 0 aliphatic heterocycles. The van der Waals surface area contributed by atoms with E-state index in [0.29, 0.717) is 0 Å². The molecule has 0 unspecified atom stereocenters. The molecule has 0 N–H and O–H groups in total. The van der Waals surface area contributed by atoms with Crippen LogP contribution in [0.5, 0.6) is 0 Å². The van der Waals surface area contributed by atoms with Gasteiger partial charge in [-0.2, -0.15) is 0 Å². The first-order valence-corrected chi connectivity index (χ1v) is 7.43. The summed E-state index contributed by atoms with van der Waals surface area (Å²) >= 11 is 0. The lowest BCUT2D eigenvalue weighted by molar-refractivity contribution is -0.146. The van der Waals surface area contributed by atoms with E-state index in [4.69, 9.17) is 9.47 Å². The predicted molar refractivity (Wildman–Crippen MR) is 87.4 cm³/mol. The molecule has 0 atom stereocenters. The third-order valence-corrected chi connectivity index (χ3v) is 3.23. The Bertz CT molecular complexity index is 713. The average Bonchev–Trinajstić information content (AvgIpc) is 2.96. The van der Waals surface area contributed by atoms with Crippen molar-refractivity contribution in [1.82, 2.24) is 4.68 Å². The van der Waals surface area contributed by atoms with E-state index in [1.165, 1.54) is 6.20 Å². The minimum Gasteiger partial charge on any atom is -0.462 e. The minimum absolute atomic E-state index is 0.144. The average molecular weight is 316 g/mol. The molecule has 6 nitrogen and oxygen atoms in total. The third-order valence-electron chi connectivity index (χ3n) is 3.23. The molecule has 1 aromatic carbocycles. The van der Waals surface area contributed by atoms with Crippen molar-refractivity contribution in [3.05, 3.63) is 48.3 Å². The van der Waals surface area contributed by atoms with Crippen LogP contribution in [0, 0.1) is 0 Å². The first kappa shape index (κ1) is 16.6. The van der Waals surface area contributed by atoms with Crippen molar-refractivity contribution in [2.24, 2.45) is 0 Å². The number of benzene rings is 1. The largest absolute Gasteiger partial charge is 0.462 e. The summed E-state index contributed by atoms with van der Waals surface area (Å²) in [5, 5.41) is 2.70. The zero-order valence-electron chi connectivity index (χ0n) is 13.5. The summed E-state index contributed by atoms with van der Waals surface area (Å²) in [6.45, 7) is 3.74. The standard InChI is InChI=1S/C17H20N2O4/c1-4-22-16(20)14(17(21)23-5-2)12-18(3)19-11-10-13-8-6-7-9-15(13)19/h6-12H,4-5H2,1-3H3. The molecule has 6 heteroatoms. The molecule has 0 aliphatic carbocycles. The van der Waals surface area contributed by atoms with Crippen LogP contribution in [0.4, 0.5) is 0 Å². The highest BCUT2D eigenvalue weighted by Gasteiger charge is 2.22. The van der Waals surface area contributed by atoms with Gasteiger partial charge in [0.15, 0.2) is 5.57 Å². The maximum atomic E-state index is 12.0. The number of hydrogen-bond acceptors (Lipinski definition) is 5. The molecule has 0 saturated heterocycles. The monoisotopic (exact) mass is 316 g/mol. The summed E-state index contributed by atoms with van der Waals surface area (Å²) < 4.78 is 11.7. The Morgan fingerprint density at radius 3 is 2.30 bits per heavy atom. The second-order valence-electron chi connectivity index (χ2n) is 4.78. The van der Waals surface area contributed by atoms with Crippen LogP contribution in [-0.4, -0.2) is 36.9 Å². The van der Waals surface area contributed by atoms with Crippen molar-refractivity contribution in [1.29, 1.82) is 0 Å². The van der Waals surface area contributed by atoms with Gasteiger partial charge in [0.1, 0.15) is 0 Å². The van der Waals surface area contributed by atoms with Crippen LogP contribution >= 0.6 is 0 Å². The van der Waals surface area contributed by atoms with Gasteiger partial charge in [-0.25, -0.2) is 9.59 Å². The van der Waals surface area contributed by atoms with Gasteiger partial charge in [0.2, 0.25) is 0 Å². The zero-order valence-corrected chi connectivity index (χ0v) is 13.5. The SMILES string of the molecule is CCOC(=O)C(=CN(C)n1ccc2ccccc21)C(=O)OCC. The second kappa shape index (κ2) is 7.49. The molecule has 0 saturated carbocycles. The van der Waals surface area contributed by atoms with Gasteiger partial charge in [-0.15, -0.1) is 0 Å². The van der Waals surface area contributed by atoms with Gasteiger partial charge in [0, 0.05) is 24.8 Å². The molecule has 23 heavy (non-hydrogen) atoms. The van der Waals surface area contributed by atoms with E-state index in [9.17, 15) is 9.59 Å². The second-order valence-corrected chi connectivity index (χ2v) is 4.78. The molecule has 1 aromatic heterocycles. The van der Waals surface area contributed by atoms with Crippen LogP contribution in [0.2, 0.25) is 0 Å². The molecular formula is C17H20N2O4. The van der Waals surface area contributed by atoms with E-state index >= 15 is 0 Å². The van der Waals surface area contributed by atoms with E-state index in [2.05, 4.69) is 0 Å². The maximum absolute atomic E-state index is 12.0. The van der Waals surface area contributed by atoms with Crippen LogP contribution in [-0.2, 0) is 19.1 Å². The smallest absolute Gasteiger partial charge is 0.347 e. The topological polar surface area (TPSA) is 60.8 Å². The van der Waals surface area contributed by atoms with E-state index in [-0.39, 0.29) is 18.8 Å². The van der Waals surface area contributed by atoms with Crippen molar-refractivity contribution < 1.29 is 19.1 Å². The Balaban J connectivity index is 2.36. The Hall–Kier alpha value is -2.76. The Labute approximate surface area is 134 Å². The normalized spacial score (nSPS) is 10.2.